The number of aromatic nitrogens is 1. The van der Waals surface area contributed by atoms with Crippen LogP contribution in [-0.2, 0) is 5.33 Å². The fourth-order valence-corrected chi connectivity index (χ4v) is 1.45. The molecule has 1 aromatic rings. The van der Waals surface area contributed by atoms with E-state index in [1.165, 1.54) is 0 Å². The van der Waals surface area contributed by atoms with Crippen molar-refractivity contribution in [1.82, 2.24) is 4.98 Å². The third-order valence-corrected chi connectivity index (χ3v) is 2.33. The van der Waals surface area contributed by atoms with Gasteiger partial charge in [0.2, 0.25) is 0 Å². The zero-order valence-electron chi connectivity index (χ0n) is 6.20. The van der Waals surface area contributed by atoms with Crippen molar-refractivity contribution in [2.24, 2.45) is 0 Å². The van der Waals surface area contributed by atoms with Crippen molar-refractivity contribution < 1.29 is 13.2 Å². The van der Waals surface area contributed by atoms with Crippen LogP contribution < -0.4 is 0 Å². The molecule has 0 saturated heterocycles. The molecule has 1 rings (SSSR count). The van der Waals surface area contributed by atoms with Gasteiger partial charge in [0.15, 0.2) is 11.0 Å². The van der Waals surface area contributed by atoms with E-state index in [0.29, 0.717) is 0 Å². The summed E-state index contributed by atoms with van der Waals surface area (Å²) >= 11 is 8.20. The number of hydrogen-bond donors (Lipinski definition) is 0. The first-order valence-corrected chi connectivity index (χ1v) is 4.74. The van der Waals surface area contributed by atoms with Crippen molar-refractivity contribution in [3.63, 3.8) is 0 Å². The van der Waals surface area contributed by atoms with Crippen molar-refractivity contribution >= 4 is 27.5 Å². The molecule has 0 radical (unpaired) electrons. The van der Waals surface area contributed by atoms with Gasteiger partial charge in [-0.05, 0) is 5.56 Å². The van der Waals surface area contributed by atoms with E-state index in [0.717, 1.165) is 6.20 Å². The highest BCUT2D eigenvalue weighted by Gasteiger charge is 2.20. The van der Waals surface area contributed by atoms with Crippen LogP contribution in [0.2, 0.25) is 5.15 Å². The molecule has 0 atom stereocenters. The van der Waals surface area contributed by atoms with Crippen molar-refractivity contribution in [3.8, 4) is 0 Å². The molecule has 0 spiro atoms. The van der Waals surface area contributed by atoms with Gasteiger partial charge in [0.05, 0.1) is 5.56 Å². The lowest BCUT2D eigenvalue weighted by Crippen LogP contribution is -1.99. The molecule has 6 heteroatoms. The Morgan fingerprint density at radius 3 is 2.62 bits per heavy atom. The minimum atomic E-state index is -2.88. The molecule has 0 aliphatic rings. The Morgan fingerprint density at radius 2 is 2.15 bits per heavy atom. The largest absolute Gasteiger partial charge is 0.267 e. The fraction of sp³-hybridized carbons (Fsp3) is 0.286. The van der Waals surface area contributed by atoms with Gasteiger partial charge in [-0.15, -0.1) is 0 Å². The van der Waals surface area contributed by atoms with Gasteiger partial charge < -0.3 is 0 Å². The summed E-state index contributed by atoms with van der Waals surface area (Å²) in [5.41, 5.74) is -0.575. The van der Waals surface area contributed by atoms with Crippen molar-refractivity contribution in [2.75, 3.05) is 0 Å². The average molecular weight is 274 g/mol. The Balaban J connectivity index is 3.32. The van der Waals surface area contributed by atoms with E-state index in [4.69, 9.17) is 11.6 Å². The smallest absolute Gasteiger partial charge is 0.241 e. The number of nitrogens with zero attached hydrogens (tertiary/aromatic N) is 1. The first-order valence-electron chi connectivity index (χ1n) is 3.24. The summed E-state index contributed by atoms with van der Waals surface area (Å²) in [5, 5.41) is -0.409. The number of rotatable bonds is 2. The predicted octanol–water partition coefficient (Wildman–Crippen LogP) is 3.71. The third-order valence-electron chi connectivity index (χ3n) is 1.46. The fourth-order valence-electron chi connectivity index (χ4n) is 0.855. The maximum atomic E-state index is 13.0. The van der Waals surface area contributed by atoms with Gasteiger partial charge in [0, 0.05) is 11.5 Å². The van der Waals surface area contributed by atoms with Gasteiger partial charge in [-0.3, -0.25) is 0 Å². The highest BCUT2D eigenvalue weighted by Crippen LogP contribution is 2.29. The second-order valence-corrected chi connectivity index (χ2v) is 3.15. The van der Waals surface area contributed by atoms with E-state index in [2.05, 4.69) is 20.9 Å². The average Bonchev–Trinajstić information content (AvgIpc) is 2.08. The molecule has 0 N–H and O–H groups in total. The van der Waals surface area contributed by atoms with Crippen molar-refractivity contribution in [2.45, 2.75) is 11.8 Å². The number of pyridine rings is 1. The molecule has 0 aliphatic carbocycles. The topological polar surface area (TPSA) is 12.9 Å². The standard InChI is InChI=1S/C7H4BrClF3N/c8-1-3-2-13-6(9)5(10)4(3)7(11)12/h2,7H,1H2. The van der Waals surface area contributed by atoms with Gasteiger partial charge >= 0.3 is 0 Å². The molecule has 0 fully saturated rings. The number of halogens is 5. The molecule has 0 bridgehead atoms. The summed E-state index contributed by atoms with van der Waals surface area (Å²) in [4.78, 5) is 3.42. The number of hydrogen-bond acceptors (Lipinski definition) is 1. The molecular formula is C7H4BrClF3N. The van der Waals surface area contributed by atoms with Gasteiger partial charge in [0.1, 0.15) is 0 Å². The summed E-state index contributed by atoms with van der Waals surface area (Å²) in [6.45, 7) is 0. The van der Waals surface area contributed by atoms with Crippen LogP contribution in [0.25, 0.3) is 0 Å². The summed E-state index contributed by atoms with van der Waals surface area (Å²) in [5.74, 6) is -1.14. The van der Waals surface area contributed by atoms with Gasteiger partial charge in [-0.2, -0.15) is 0 Å². The quantitative estimate of drug-likeness (QED) is 0.592. The lowest BCUT2D eigenvalue weighted by atomic mass is 10.1. The number of alkyl halides is 3. The van der Waals surface area contributed by atoms with Gasteiger partial charge in [0.25, 0.3) is 6.43 Å². The molecule has 0 unspecified atom stereocenters. The monoisotopic (exact) mass is 273 g/mol. The molecule has 0 saturated carbocycles. The van der Waals surface area contributed by atoms with Crippen LogP contribution in [0.15, 0.2) is 6.20 Å². The Morgan fingerprint density at radius 1 is 1.54 bits per heavy atom. The van der Waals surface area contributed by atoms with Crippen LogP contribution in [0.5, 0.6) is 0 Å². The molecule has 1 aromatic heterocycles. The van der Waals surface area contributed by atoms with Crippen molar-refractivity contribution in [3.05, 3.63) is 28.3 Å². The second-order valence-electron chi connectivity index (χ2n) is 2.24. The summed E-state index contributed by atoms with van der Waals surface area (Å²) < 4.78 is 37.6. The minimum Gasteiger partial charge on any atom is -0.241 e. The molecule has 1 heterocycles. The highest BCUT2D eigenvalue weighted by atomic mass is 79.9. The first kappa shape index (κ1) is 10.8. The van der Waals surface area contributed by atoms with E-state index < -0.39 is 23.0 Å². The molecular weight excluding hydrogens is 270 g/mol. The predicted molar refractivity (Wildman–Crippen MR) is 46.8 cm³/mol. The van der Waals surface area contributed by atoms with Gasteiger partial charge in [-0.1, -0.05) is 27.5 Å². The molecule has 0 aliphatic heterocycles. The first-order chi connectivity index (χ1) is 6.07. The van der Waals surface area contributed by atoms with Crippen LogP contribution in [-0.4, -0.2) is 4.98 Å². The Labute approximate surface area is 86.0 Å². The Hall–Kier alpha value is -0.290. The maximum Gasteiger partial charge on any atom is 0.267 e. The second kappa shape index (κ2) is 4.28. The SMILES string of the molecule is Fc1c(Cl)ncc(CBr)c1C(F)F. The van der Waals surface area contributed by atoms with E-state index in [9.17, 15) is 13.2 Å². The molecule has 1 nitrogen and oxygen atoms in total. The van der Waals surface area contributed by atoms with Crippen LogP contribution in [0.1, 0.15) is 17.6 Å². The van der Waals surface area contributed by atoms with E-state index >= 15 is 0 Å². The lowest BCUT2D eigenvalue weighted by molar-refractivity contribution is 0.145. The van der Waals surface area contributed by atoms with Crippen molar-refractivity contribution in [1.29, 1.82) is 0 Å². The van der Waals surface area contributed by atoms with E-state index in [1.807, 2.05) is 0 Å². The van der Waals surface area contributed by atoms with Crippen LogP contribution in [0.3, 0.4) is 0 Å². The Bertz CT molecular complexity index is 319. The zero-order chi connectivity index (χ0) is 10.0. The Kier molecular flexibility index (Phi) is 3.55. The summed E-state index contributed by atoms with van der Waals surface area (Å²) in [6, 6.07) is 0. The maximum absolute atomic E-state index is 13.0. The molecule has 13 heavy (non-hydrogen) atoms. The third kappa shape index (κ3) is 2.14. The van der Waals surface area contributed by atoms with Crippen LogP contribution in [0.4, 0.5) is 13.2 Å². The summed E-state index contributed by atoms with van der Waals surface area (Å²) in [7, 11) is 0. The van der Waals surface area contributed by atoms with Crippen LogP contribution in [0, 0.1) is 5.82 Å². The molecule has 72 valence electrons. The minimum absolute atomic E-state index is 0.108. The highest BCUT2D eigenvalue weighted by molar-refractivity contribution is 9.08. The van der Waals surface area contributed by atoms with E-state index in [-0.39, 0.29) is 10.9 Å². The van der Waals surface area contributed by atoms with Gasteiger partial charge in [-0.25, -0.2) is 18.2 Å². The molecule has 0 aromatic carbocycles. The lowest BCUT2D eigenvalue weighted by Gasteiger charge is -2.07. The summed E-state index contributed by atoms with van der Waals surface area (Å²) in [6.07, 6.45) is -1.75. The zero-order valence-corrected chi connectivity index (χ0v) is 8.54. The van der Waals surface area contributed by atoms with E-state index in [1.54, 1.807) is 0 Å². The normalized spacial score (nSPS) is 10.9. The van der Waals surface area contributed by atoms with Crippen LogP contribution >= 0.6 is 27.5 Å². The molecule has 0 amide bonds.